The fraction of sp³-hybridized carbons (Fsp3) is 0.647. The van der Waals surface area contributed by atoms with Gasteiger partial charge in [0, 0.05) is 19.1 Å². The predicted octanol–water partition coefficient (Wildman–Crippen LogP) is 2.34. The number of nitrogens with two attached hydrogens (primary N) is 1. The van der Waals surface area contributed by atoms with Crippen molar-refractivity contribution in [2.75, 3.05) is 19.7 Å². The van der Waals surface area contributed by atoms with Crippen LogP contribution >= 0.6 is 0 Å². The van der Waals surface area contributed by atoms with Crippen LogP contribution in [0.5, 0.6) is 5.75 Å². The van der Waals surface area contributed by atoms with Crippen LogP contribution in [0, 0.1) is 0 Å². The zero-order valence-corrected chi connectivity index (χ0v) is 13.0. The van der Waals surface area contributed by atoms with E-state index in [1.54, 1.807) is 0 Å². The van der Waals surface area contributed by atoms with Crippen LogP contribution in [0.1, 0.15) is 38.3 Å². The number of nitrogens with zero attached hydrogens (tertiary/aromatic N) is 1. The summed E-state index contributed by atoms with van der Waals surface area (Å²) in [7, 11) is 0. The summed E-state index contributed by atoms with van der Waals surface area (Å²) in [5.41, 5.74) is 7.21. The lowest BCUT2D eigenvalue weighted by atomic mass is 9.97. The van der Waals surface area contributed by atoms with E-state index in [1.807, 2.05) is 6.07 Å². The molecule has 116 valence electrons. The summed E-state index contributed by atoms with van der Waals surface area (Å²) in [6.07, 6.45) is 2.87. The van der Waals surface area contributed by atoms with E-state index < -0.39 is 0 Å². The van der Waals surface area contributed by atoms with Crippen molar-refractivity contribution in [1.29, 1.82) is 0 Å². The summed E-state index contributed by atoms with van der Waals surface area (Å²) >= 11 is 0. The average molecular weight is 290 g/mol. The largest absolute Gasteiger partial charge is 0.491 e. The molecule has 1 aromatic rings. The van der Waals surface area contributed by atoms with Gasteiger partial charge in [0.15, 0.2) is 0 Å². The van der Waals surface area contributed by atoms with Gasteiger partial charge in [-0.25, -0.2) is 0 Å². The molecule has 1 aliphatic heterocycles. The highest BCUT2D eigenvalue weighted by atomic mass is 16.5. The average Bonchev–Trinajstić information content (AvgIpc) is 3.30. The molecule has 2 aliphatic rings. The molecule has 4 heteroatoms. The van der Waals surface area contributed by atoms with E-state index in [-0.39, 0.29) is 18.2 Å². The van der Waals surface area contributed by atoms with E-state index in [1.165, 1.54) is 18.4 Å². The molecule has 2 atom stereocenters. The normalized spacial score (nSPS) is 27.0. The van der Waals surface area contributed by atoms with Crippen LogP contribution in [-0.2, 0) is 4.74 Å². The number of hydrogen-bond acceptors (Lipinski definition) is 4. The molecule has 2 fully saturated rings. The third kappa shape index (κ3) is 3.39. The summed E-state index contributed by atoms with van der Waals surface area (Å²) in [5.74, 6) is 0.930. The van der Waals surface area contributed by atoms with Gasteiger partial charge in [0.2, 0.25) is 0 Å². The highest BCUT2D eigenvalue weighted by molar-refractivity contribution is 5.32. The van der Waals surface area contributed by atoms with E-state index in [0.717, 1.165) is 18.9 Å². The maximum absolute atomic E-state index is 5.95. The van der Waals surface area contributed by atoms with Crippen molar-refractivity contribution in [2.24, 2.45) is 5.73 Å². The van der Waals surface area contributed by atoms with E-state index in [9.17, 15) is 0 Å². The van der Waals surface area contributed by atoms with Gasteiger partial charge in [0.1, 0.15) is 5.75 Å². The smallest absolute Gasteiger partial charge is 0.120 e. The molecule has 1 aromatic carbocycles. The van der Waals surface area contributed by atoms with Crippen LogP contribution < -0.4 is 10.5 Å². The summed E-state index contributed by atoms with van der Waals surface area (Å²) in [4.78, 5) is 2.58. The van der Waals surface area contributed by atoms with E-state index >= 15 is 0 Å². The van der Waals surface area contributed by atoms with Gasteiger partial charge in [0.05, 0.1) is 24.9 Å². The monoisotopic (exact) mass is 290 g/mol. The molecule has 1 saturated heterocycles. The van der Waals surface area contributed by atoms with Crippen molar-refractivity contribution in [3.8, 4) is 5.75 Å². The molecule has 1 saturated carbocycles. The highest BCUT2D eigenvalue weighted by Crippen LogP contribution is 2.39. The van der Waals surface area contributed by atoms with E-state index in [2.05, 4.69) is 36.9 Å². The number of benzene rings is 1. The van der Waals surface area contributed by atoms with Crippen LogP contribution in [0.25, 0.3) is 0 Å². The third-order valence-electron chi connectivity index (χ3n) is 4.21. The van der Waals surface area contributed by atoms with Gasteiger partial charge >= 0.3 is 0 Å². The van der Waals surface area contributed by atoms with Crippen molar-refractivity contribution < 1.29 is 9.47 Å². The molecule has 1 heterocycles. The Labute approximate surface area is 127 Å². The second-order valence-electron chi connectivity index (χ2n) is 6.30. The van der Waals surface area contributed by atoms with Crippen LogP contribution in [0.2, 0.25) is 0 Å². The molecule has 4 nitrogen and oxygen atoms in total. The van der Waals surface area contributed by atoms with Gasteiger partial charge in [-0.3, -0.25) is 4.90 Å². The van der Waals surface area contributed by atoms with E-state index in [4.69, 9.17) is 15.2 Å². The fourth-order valence-electron chi connectivity index (χ4n) is 3.22. The summed E-state index contributed by atoms with van der Waals surface area (Å²) in [6.45, 7) is 6.45. The Kier molecular flexibility index (Phi) is 4.48. The van der Waals surface area contributed by atoms with Crippen LogP contribution in [0.15, 0.2) is 24.3 Å². The number of ether oxygens (including phenoxy) is 2. The van der Waals surface area contributed by atoms with Crippen molar-refractivity contribution in [3.63, 3.8) is 0 Å². The Morgan fingerprint density at radius 3 is 2.86 bits per heavy atom. The first-order valence-corrected chi connectivity index (χ1v) is 8.03. The standard InChI is InChI=1S/C17H26N2O2/c1-12(2)21-15-5-3-4-13(10-15)17-16(11-18)20-9-8-19(17)14-6-7-14/h3-5,10,12,14,16-17H,6-9,11,18H2,1-2H3. The first kappa shape index (κ1) is 14.8. The lowest BCUT2D eigenvalue weighted by molar-refractivity contribution is -0.0713. The number of rotatable bonds is 5. The summed E-state index contributed by atoms with van der Waals surface area (Å²) < 4.78 is 11.8. The molecule has 2 N–H and O–H groups in total. The predicted molar refractivity (Wildman–Crippen MR) is 83.5 cm³/mol. The Bertz CT molecular complexity index is 474. The van der Waals surface area contributed by atoms with Gasteiger partial charge in [0.25, 0.3) is 0 Å². The lowest BCUT2D eigenvalue weighted by Gasteiger charge is -2.41. The topological polar surface area (TPSA) is 47.7 Å². The maximum Gasteiger partial charge on any atom is 0.120 e. The van der Waals surface area contributed by atoms with Gasteiger partial charge in [-0.1, -0.05) is 12.1 Å². The molecule has 0 spiro atoms. The fourth-order valence-corrected chi connectivity index (χ4v) is 3.22. The minimum Gasteiger partial charge on any atom is -0.491 e. The van der Waals surface area contributed by atoms with Crippen molar-refractivity contribution in [1.82, 2.24) is 4.90 Å². The molecule has 21 heavy (non-hydrogen) atoms. The molecule has 2 unspecified atom stereocenters. The second-order valence-corrected chi connectivity index (χ2v) is 6.30. The van der Waals surface area contributed by atoms with Gasteiger partial charge in [-0.05, 0) is 44.4 Å². The quantitative estimate of drug-likeness (QED) is 0.904. The lowest BCUT2D eigenvalue weighted by Crippen LogP contribution is -2.49. The van der Waals surface area contributed by atoms with Crippen LogP contribution in [0.4, 0.5) is 0 Å². The van der Waals surface area contributed by atoms with Crippen LogP contribution in [-0.4, -0.2) is 42.8 Å². The second kappa shape index (κ2) is 6.34. The molecule has 0 amide bonds. The Morgan fingerprint density at radius 1 is 1.38 bits per heavy atom. The maximum atomic E-state index is 5.95. The van der Waals surface area contributed by atoms with Crippen molar-refractivity contribution >= 4 is 0 Å². The van der Waals surface area contributed by atoms with Gasteiger partial charge in [-0.15, -0.1) is 0 Å². The minimum absolute atomic E-state index is 0.0775. The molecule has 0 aromatic heterocycles. The molecular weight excluding hydrogens is 264 g/mol. The molecule has 1 aliphatic carbocycles. The first-order chi connectivity index (χ1) is 10.2. The minimum atomic E-state index is 0.0775. The molecule has 0 radical (unpaired) electrons. The summed E-state index contributed by atoms with van der Waals surface area (Å²) in [6, 6.07) is 9.38. The van der Waals surface area contributed by atoms with Gasteiger partial charge in [-0.2, -0.15) is 0 Å². The highest BCUT2D eigenvalue weighted by Gasteiger charge is 2.40. The molecule has 0 bridgehead atoms. The molecule has 3 rings (SSSR count). The van der Waals surface area contributed by atoms with Crippen molar-refractivity contribution in [3.05, 3.63) is 29.8 Å². The number of hydrogen-bond donors (Lipinski definition) is 1. The number of morpholine rings is 1. The SMILES string of the molecule is CC(C)Oc1cccc(C2C(CN)OCCN2C2CC2)c1. The van der Waals surface area contributed by atoms with E-state index in [0.29, 0.717) is 12.6 Å². The Hall–Kier alpha value is -1.10. The van der Waals surface area contributed by atoms with Crippen LogP contribution in [0.3, 0.4) is 0 Å². The Balaban J connectivity index is 1.86. The Morgan fingerprint density at radius 2 is 2.19 bits per heavy atom. The molecular formula is C17H26N2O2. The summed E-state index contributed by atoms with van der Waals surface area (Å²) in [5, 5.41) is 0. The van der Waals surface area contributed by atoms with Crippen molar-refractivity contribution in [2.45, 2.75) is 51.0 Å². The third-order valence-corrected chi connectivity index (χ3v) is 4.21. The van der Waals surface area contributed by atoms with Gasteiger partial charge < -0.3 is 15.2 Å². The first-order valence-electron chi connectivity index (χ1n) is 8.03. The zero-order chi connectivity index (χ0) is 14.8. The zero-order valence-electron chi connectivity index (χ0n) is 13.0.